The number of hydroxylamine groups is 2. The number of anilines is 1. The van der Waals surface area contributed by atoms with Gasteiger partial charge >= 0.3 is 0 Å². The van der Waals surface area contributed by atoms with Crippen LogP contribution in [0.5, 0.6) is 0 Å². The van der Waals surface area contributed by atoms with E-state index < -0.39 is 6.04 Å². The van der Waals surface area contributed by atoms with Crippen LogP contribution in [-0.2, 0) is 30.6 Å². The third-order valence-electron chi connectivity index (χ3n) is 4.15. The number of carbonyl (C=O) groups is 3. The minimum Gasteiger partial charge on any atom is -0.349 e. The Hall–Kier alpha value is -2.29. The minimum absolute atomic E-state index is 0.0287. The molecule has 2 N–H and O–H groups in total. The fourth-order valence-electron chi connectivity index (χ4n) is 2.50. The molecule has 0 heterocycles. The van der Waals surface area contributed by atoms with Gasteiger partial charge in [-0.1, -0.05) is 32.9 Å². The van der Waals surface area contributed by atoms with Gasteiger partial charge in [0.25, 0.3) is 0 Å². The predicted octanol–water partition coefficient (Wildman–Crippen LogP) is 2.49. The second-order valence-corrected chi connectivity index (χ2v) is 7.26. The summed E-state index contributed by atoms with van der Waals surface area (Å²) in [6, 6.07) is 6.70. The maximum atomic E-state index is 12.4. The maximum absolute atomic E-state index is 12.4. The summed E-state index contributed by atoms with van der Waals surface area (Å²) >= 11 is 0. The van der Waals surface area contributed by atoms with Crippen LogP contribution in [0, 0.1) is 5.92 Å². The number of hydrogen-bond donors (Lipinski definition) is 2. The molecule has 1 rings (SSSR count). The normalized spacial score (nSPS) is 12.1. The first-order valence-corrected chi connectivity index (χ1v) is 9.81. The molecule has 0 saturated carbocycles. The van der Waals surface area contributed by atoms with Gasteiger partial charge in [-0.05, 0) is 23.6 Å². The van der Waals surface area contributed by atoms with Crippen LogP contribution >= 0.6 is 0 Å². The van der Waals surface area contributed by atoms with E-state index in [1.807, 2.05) is 26.0 Å². The smallest absolute Gasteiger partial charge is 0.224 e. The largest absolute Gasteiger partial charge is 0.349 e. The predicted molar refractivity (Wildman–Crippen MR) is 111 cm³/mol. The van der Waals surface area contributed by atoms with Gasteiger partial charge in [0.05, 0.1) is 12.6 Å². The van der Waals surface area contributed by atoms with Crippen molar-refractivity contribution < 1.29 is 24.0 Å². The highest BCUT2D eigenvalue weighted by Crippen LogP contribution is 2.12. The molecule has 0 spiro atoms. The van der Waals surface area contributed by atoms with Crippen LogP contribution in [0.15, 0.2) is 24.3 Å². The van der Waals surface area contributed by atoms with Crippen molar-refractivity contribution in [2.75, 3.05) is 26.2 Å². The van der Waals surface area contributed by atoms with Gasteiger partial charge in [-0.2, -0.15) is 5.06 Å². The number of ether oxygens (including phenoxy) is 1. The summed E-state index contributed by atoms with van der Waals surface area (Å²) in [5.41, 5.74) is 1.60. The van der Waals surface area contributed by atoms with Crippen LogP contribution in [0.25, 0.3) is 0 Å². The number of hydrogen-bond acceptors (Lipinski definition) is 6. The molecule has 8 heteroatoms. The molecule has 0 unspecified atom stereocenters. The van der Waals surface area contributed by atoms with Gasteiger partial charge in [-0.25, -0.2) is 0 Å². The van der Waals surface area contributed by atoms with Crippen LogP contribution in [0.2, 0.25) is 0 Å². The van der Waals surface area contributed by atoms with E-state index >= 15 is 0 Å². The van der Waals surface area contributed by atoms with Gasteiger partial charge in [0.2, 0.25) is 11.8 Å². The monoisotopic (exact) mass is 407 g/mol. The summed E-state index contributed by atoms with van der Waals surface area (Å²) in [6.07, 6.45) is 0.466. The maximum Gasteiger partial charge on any atom is 0.224 e. The number of rotatable bonds is 13. The van der Waals surface area contributed by atoms with E-state index in [4.69, 9.17) is 9.57 Å². The molecule has 0 aliphatic rings. The van der Waals surface area contributed by atoms with Crippen molar-refractivity contribution in [3.63, 3.8) is 0 Å². The summed E-state index contributed by atoms with van der Waals surface area (Å²) in [5.74, 6) is -0.576. The zero-order valence-corrected chi connectivity index (χ0v) is 18.0. The lowest BCUT2D eigenvalue weighted by molar-refractivity contribution is -0.201. The standard InChI is InChI=1S/C21H33N3O5/c1-6-19(26)23-21(15(2)3)18(25)11-12-20(27)22-17-9-7-16(8-10-17)13-28-14-29-24(4)5/h7-10,15,21H,6,11-14H2,1-5H3,(H,22,27)(H,23,26)/t21-/m0/s1. The van der Waals surface area contributed by atoms with E-state index in [0.29, 0.717) is 18.7 Å². The quantitative estimate of drug-likeness (QED) is 0.296. The van der Waals surface area contributed by atoms with E-state index in [9.17, 15) is 14.4 Å². The van der Waals surface area contributed by atoms with Crippen LogP contribution in [0.4, 0.5) is 5.69 Å². The molecule has 1 aromatic rings. The highest BCUT2D eigenvalue weighted by Gasteiger charge is 2.23. The molecule has 29 heavy (non-hydrogen) atoms. The third-order valence-corrected chi connectivity index (χ3v) is 4.15. The first kappa shape index (κ1) is 24.7. The van der Waals surface area contributed by atoms with Crippen molar-refractivity contribution in [2.24, 2.45) is 5.92 Å². The molecule has 0 aromatic heterocycles. The van der Waals surface area contributed by atoms with Crippen molar-refractivity contribution in [2.45, 2.75) is 52.7 Å². The summed E-state index contributed by atoms with van der Waals surface area (Å²) in [5, 5.41) is 7.07. The zero-order valence-electron chi connectivity index (χ0n) is 18.0. The van der Waals surface area contributed by atoms with E-state index in [1.54, 1.807) is 38.2 Å². The van der Waals surface area contributed by atoms with Gasteiger partial charge in [0.15, 0.2) is 12.6 Å². The molecule has 0 radical (unpaired) electrons. The lowest BCUT2D eigenvalue weighted by Gasteiger charge is -2.20. The molecular weight excluding hydrogens is 374 g/mol. The molecule has 0 bridgehead atoms. The first-order chi connectivity index (χ1) is 13.7. The summed E-state index contributed by atoms with van der Waals surface area (Å²) < 4.78 is 5.37. The Morgan fingerprint density at radius 1 is 1.03 bits per heavy atom. The summed E-state index contributed by atoms with van der Waals surface area (Å²) in [7, 11) is 3.55. The van der Waals surface area contributed by atoms with E-state index in [-0.39, 0.29) is 43.2 Å². The second kappa shape index (κ2) is 13.0. The molecule has 1 aromatic carbocycles. The Labute approximate surface area is 172 Å². The van der Waals surface area contributed by atoms with E-state index in [2.05, 4.69) is 10.6 Å². The average molecular weight is 408 g/mol. The number of Topliss-reactive ketones (excluding diaryl/α,β-unsaturated/α-hetero) is 1. The highest BCUT2D eigenvalue weighted by molar-refractivity contribution is 5.95. The summed E-state index contributed by atoms with van der Waals surface area (Å²) in [4.78, 5) is 41.3. The van der Waals surface area contributed by atoms with Crippen LogP contribution in [-0.4, -0.2) is 49.6 Å². The number of nitrogens with zero attached hydrogens (tertiary/aromatic N) is 1. The number of carbonyl (C=O) groups excluding carboxylic acids is 3. The van der Waals surface area contributed by atoms with Gasteiger partial charge < -0.3 is 15.4 Å². The molecule has 8 nitrogen and oxygen atoms in total. The molecule has 1 atom stereocenters. The summed E-state index contributed by atoms with van der Waals surface area (Å²) in [6.45, 7) is 6.04. The Balaban J connectivity index is 2.43. The van der Waals surface area contributed by atoms with E-state index in [0.717, 1.165) is 5.56 Å². The fourth-order valence-corrected chi connectivity index (χ4v) is 2.50. The lowest BCUT2D eigenvalue weighted by atomic mass is 9.96. The van der Waals surface area contributed by atoms with Crippen LogP contribution in [0.3, 0.4) is 0 Å². The van der Waals surface area contributed by atoms with Crippen LogP contribution in [0.1, 0.15) is 45.6 Å². The van der Waals surface area contributed by atoms with Crippen molar-refractivity contribution in [1.82, 2.24) is 10.4 Å². The Bertz CT molecular complexity index is 659. The number of amides is 2. The Kier molecular flexibility index (Phi) is 11.1. The van der Waals surface area contributed by atoms with Crippen molar-refractivity contribution in [3.05, 3.63) is 29.8 Å². The number of benzene rings is 1. The van der Waals surface area contributed by atoms with Gasteiger partial charge in [0, 0.05) is 39.0 Å². The zero-order chi connectivity index (χ0) is 21.8. The molecule has 0 fully saturated rings. The molecule has 0 aliphatic carbocycles. The van der Waals surface area contributed by atoms with Crippen molar-refractivity contribution in [1.29, 1.82) is 0 Å². The molecular formula is C21H33N3O5. The molecule has 0 aliphatic heterocycles. The van der Waals surface area contributed by atoms with E-state index in [1.165, 1.54) is 0 Å². The van der Waals surface area contributed by atoms with Crippen molar-refractivity contribution >= 4 is 23.3 Å². The second-order valence-electron chi connectivity index (χ2n) is 7.26. The lowest BCUT2D eigenvalue weighted by Crippen LogP contribution is -2.44. The number of nitrogens with one attached hydrogen (secondary N) is 2. The topological polar surface area (TPSA) is 97.0 Å². The van der Waals surface area contributed by atoms with Crippen molar-refractivity contribution in [3.8, 4) is 0 Å². The molecule has 162 valence electrons. The van der Waals surface area contributed by atoms with Gasteiger partial charge in [-0.15, -0.1) is 0 Å². The Morgan fingerprint density at radius 2 is 1.69 bits per heavy atom. The molecule has 0 saturated heterocycles. The van der Waals surface area contributed by atoms with Crippen LogP contribution < -0.4 is 10.6 Å². The average Bonchev–Trinajstić information content (AvgIpc) is 2.68. The number of ketones is 1. The Morgan fingerprint density at radius 3 is 2.24 bits per heavy atom. The highest BCUT2D eigenvalue weighted by atomic mass is 16.8. The van der Waals surface area contributed by atoms with Gasteiger partial charge in [0.1, 0.15) is 0 Å². The SMILES string of the molecule is CCC(=O)N[C@H](C(=O)CCC(=O)Nc1ccc(COCON(C)C)cc1)C(C)C. The third kappa shape index (κ3) is 10.2. The molecule has 2 amide bonds. The van der Waals surface area contributed by atoms with Gasteiger partial charge in [-0.3, -0.25) is 19.2 Å². The first-order valence-electron chi connectivity index (χ1n) is 9.81. The minimum atomic E-state index is -0.564. The fraction of sp³-hybridized carbons (Fsp3) is 0.571.